The molecule has 0 unspecified atom stereocenters. The molecule has 0 aliphatic carbocycles. The molecule has 6 heteroatoms. The summed E-state index contributed by atoms with van der Waals surface area (Å²) in [5.41, 5.74) is 0.647. The number of carbonyl (C=O) groups is 2. The van der Waals surface area contributed by atoms with Crippen molar-refractivity contribution in [2.75, 3.05) is 40.5 Å². The largest absolute Gasteiger partial charge is 0.497 e. The predicted octanol–water partition coefficient (Wildman–Crippen LogP) is 1.31. The molecule has 0 radical (unpaired) electrons. The van der Waals surface area contributed by atoms with Gasteiger partial charge >= 0.3 is 0 Å². The number of nitrogens with one attached hydrogen (secondary N) is 1. The van der Waals surface area contributed by atoms with Crippen LogP contribution in [-0.2, 0) is 9.53 Å². The van der Waals surface area contributed by atoms with Crippen molar-refractivity contribution in [3.05, 3.63) is 29.8 Å². The van der Waals surface area contributed by atoms with Crippen molar-refractivity contribution in [2.45, 2.75) is 12.8 Å². The van der Waals surface area contributed by atoms with Gasteiger partial charge in [-0.1, -0.05) is 0 Å². The van der Waals surface area contributed by atoms with Gasteiger partial charge in [0, 0.05) is 38.2 Å². The molecule has 1 aliphatic heterocycles. The van der Waals surface area contributed by atoms with E-state index in [9.17, 15) is 9.59 Å². The molecule has 0 spiro atoms. The molecule has 1 aliphatic rings. The molecule has 0 aromatic heterocycles. The highest BCUT2D eigenvalue weighted by Gasteiger charge is 2.27. The molecule has 1 aromatic carbocycles. The Kier molecular flexibility index (Phi) is 6.40. The summed E-state index contributed by atoms with van der Waals surface area (Å²) in [6, 6.07) is 7.10. The van der Waals surface area contributed by atoms with Crippen molar-refractivity contribution in [3.63, 3.8) is 0 Å². The fourth-order valence-electron chi connectivity index (χ4n) is 2.68. The molecule has 0 bridgehead atoms. The van der Waals surface area contributed by atoms with Gasteiger partial charge in [0.25, 0.3) is 5.91 Å². The van der Waals surface area contributed by atoms with Crippen molar-refractivity contribution < 1.29 is 19.1 Å². The van der Waals surface area contributed by atoms with E-state index in [1.165, 1.54) is 0 Å². The number of rotatable bonds is 6. The maximum absolute atomic E-state index is 12.5. The lowest BCUT2D eigenvalue weighted by Crippen LogP contribution is -2.43. The summed E-state index contributed by atoms with van der Waals surface area (Å²) >= 11 is 0. The quantitative estimate of drug-likeness (QED) is 0.803. The Labute approximate surface area is 136 Å². The minimum Gasteiger partial charge on any atom is -0.497 e. The Morgan fingerprint density at radius 1 is 1.17 bits per heavy atom. The van der Waals surface area contributed by atoms with E-state index < -0.39 is 0 Å². The summed E-state index contributed by atoms with van der Waals surface area (Å²) in [4.78, 5) is 26.3. The van der Waals surface area contributed by atoms with Gasteiger partial charge in [-0.2, -0.15) is 0 Å². The zero-order chi connectivity index (χ0) is 16.7. The first kappa shape index (κ1) is 17.3. The molecule has 1 N–H and O–H groups in total. The van der Waals surface area contributed by atoms with E-state index in [2.05, 4.69) is 5.32 Å². The first-order valence-corrected chi connectivity index (χ1v) is 7.85. The Balaban J connectivity index is 1.83. The Hall–Kier alpha value is -2.08. The fraction of sp³-hybridized carbons (Fsp3) is 0.529. The van der Waals surface area contributed by atoms with E-state index in [-0.39, 0.29) is 17.7 Å². The molecular weight excluding hydrogens is 296 g/mol. The minimum atomic E-state index is -0.0215. The van der Waals surface area contributed by atoms with E-state index >= 15 is 0 Å². The highest BCUT2D eigenvalue weighted by Crippen LogP contribution is 2.20. The number of ether oxygens (including phenoxy) is 2. The Morgan fingerprint density at radius 2 is 1.83 bits per heavy atom. The van der Waals surface area contributed by atoms with Crippen molar-refractivity contribution in [3.8, 4) is 5.75 Å². The lowest BCUT2D eigenvalue weighted by atomic mass is 9.95. The van der Waals surface area contributed by atoms with Gasteiger partial charge in [0.1, 0.15) is 5.75 Å². The number of methoxy groups -OCH3 is 2. The Morgan fingerprint density at radius 3 is 2.39 bits per heavy atom. The van der Waals surface area contributed by atoms with Crippen LogP contribution in [0.1, 0.15) is 23.2 Å². The van der Waals surface area contributed by atoms with Crippen molar-refractivity contribution in [2.24, 2.45) is 5.92 Å². The van der Waals surface area contributed by atoms with Crippen LogP contribution in [0.2, 0.25) is 0 Å². The van der Waals surface area contributed by atoms with Gasteiger partial charge < -0.3 is 19.7 Å². The number of hydrogen-bond donors (Lipinski definition) is 1. The third-order valence-corrected chi connectivity index (χ3v) is 4.10. The number of amides is 2. The van der Waals surface area contributed by atoms with Gasteiger partial charge in [-0.05, 0) is 37.1 Å². The topological polar surface area (TPSA) is 67.9 Å². The van der Waals surface area contributed by atoms with Crippen LogP contribution in [0.3, 0.4) is 0 Å². The molecule has 0 atom stereocenters. The van der Waals surface area contributed by atoms with Crippen LogP contribution in [-0.4, -0.2) is 57.2 Å². The lowest BCUT2D eigenvalue weighted by Gasteiger charge is -2.31. The molecule has 1 fully saturated rings. The summed E-state index contributed by atoms with van der Waals surface area (Å²) in [6.45, 7) is 2.25. The average molecular weight is 320 g/mol. The van der Waals surface area contributed by atoms with Gasteiger partial charge in [-0.25, -0.2) is 0 Å². The molecule has 23 heavy (non-hydrogen) atoms. The summed E-state index contributed by atoms with van der Waals surface area (Å²) in [7, 11) is 3.20. The predicted molar refractivity (Wildman–Crippen MR) is 86.5 cm³/mol. The monoisotopic (exact) mass is 320 g/mol. The molecule has 6 nitrogen and oxygen atoms in total. The number of hydrogen-bond acceptors (Lipinski definition) is 4. The van der Waals surface area contributed by atoms with Crippen molar-refractivity contribution >= 4 is 11.8 Å². The number of benzene rings is 1. The second kappa shape index (κ2) is 8.53. The van der Waals surface area contributed by atoms with Gasteiger partial charge in [-0.3, -0.25) is 9.59 Å². The first-order valence-electron chi connectivity index (χ1n) is 7.85. The van der Waals surface area contributed by atoms with Crippen LogP contribution in [0.4, 0.5) is 0 Å². The van der Waals surface area contributed by atoms with Gasteiger partial charge in [0.05, 0.1) is 13.7 Å². The summed E-state index contributed by atoms with van der Waals surface area (Å²) < 4.78 is 10.0. The summed E-state index contributed by atoms with van der Waals surface area (Å²) in [5, 5.41) is 2.86. The third kappa shape index (κ3) is 4.69. The number of piperidine rings is 1. The molecule has 2 amide bonds. The summed E-state index contributed by atoms with van der Waals surface area (Å²) in [6.07, 6.45) is 1.39. The number of carbonyl (C=O) groups excluding carboxylic acids is 2. The van der Waals surface area contributed by atoms with E-state index in [0.717, 1.165) is 5.75 Å². The second-order valence-corrected chi connectivity index (χ2v) is 5.58. The maximum Gasteiger partial charge on any atom is 0.253 e. The fourth-order valence-corrected chi connectivity index (χ4v) is 2.68. The van der Waals surface area contributed by atoms with E-state index in [1.54, 1.807) is 43.4 Å². The van der Waals surface area contributed by atoms with Gasteiger partial charge in [0.2, 0.25) is 5.91 Å². The Bertz CT molecular complexity index is 522. The molecule has 2 rings (SSSR count). The summed E-state index contributed by atoms with van der Waals surface area (Å²) in [5.74, 6) is 0.768. The second-order valence-electron chi connectivity index (χ2n) is 5.58. The zero-order valence-corrected chi connectivity index (χ0v) is 13.7. The molecular formula is C17H24N2O4. The SMILES string of the molecule is COCCNC(=O)C1CCN(C(=O)c2ccc(OC)cc2)CC1. The van der Waals surface area contributed by atoms with E-state index in [1.807, 2.05) is 0 Å². The standard InChI is InChI=1S/C17H24N2O4/c1-22-12-9-18-16(20)13-7-10-19(11-8-13)17(21)14-3-5-15(23-2)6-4-14/h3-6,13H,7-12H2,1-2H3,(H,18,20). The molecule has 1 saturated heterocycles. The number of nitrogens with zero attached hydrogens (tertiary/aromatic N) is 1. The maximum atomic E-state index is 12.5. The highest BCUT2D eigenvalue weighted by molar-refractivity contribution is 5.94. The van der Waals surface area contributed by atoms with Crippen LogP contribution >= 0.6 is 0 Å². The highest BCUT2D eigenvalue weighted by atomic mass is 16.5. The zero-order valence-electron chi connectivity index (χ0n) is 13.7. The van der Waals surface area contributed by atoms with Crippen LogP contribution in [0, 0.1) is 5.92 Å². The number of likely N-dealkylation sites (tertiary alicyclic amines) is 1. The van der Waals surface area contributed by atoms with E-state index in [4.69, 9.17) is 9.47 Å². The molecule has 1 heterocycles. The van der Waals surface area contributed by atoms with Gasteiger partial charge in [0.15, 0.2) is 0 Å². The van der Waals surface area contributed by atoms with Crippen molar-refractivity contribution in [1.29, 1.82) is 0 Å². The molecule has 1 aromatic rings. The van der Waals surface area contributed by atoms with Gasteiger partial charge in [-0.15, -0.1) is 0 Å². The average Bonchev–Trinajstić information content (AvgIpc) is 2.61. The normalized spacial score (nSPS) is 15.3. The smallest absolute Gasteiger partial charge is 0.253 e. The van der Waals surface area contributed by atoms with Crippen LogP contribution in [0.25, 0.3) is 0 Å². The first-order chi connectivity index (χ1) is 11.2. The van der Waals surface area contributed by atoms with Crippen LogP contribution in [0.15, 0.2) is 24.3 Å². The van der Waals surface area contributed by atoms with Crippen LogP contribution < -0.4 is 10.1 Å². The molecule has 126 valence electrons. The molecule has 0 saturated carbocycles. The van der Waals surface area contributed by atoms with E-state index in [0.29, 0.717) is 44.6 Å². The third-order valence-electron chi connectivity index (χ3n) is 4.10. The van der Waals surface area contributed by atoms with Crippen LogP contribution in [0.5, 0.6) is 5.75 Å². The lowest BCUT2D eigenvalue weighted by molar-refractivity contribution is -0.126. The minimum absolute atomic E-state index is 0.00546. The van der Waals surface area contributed by atoms with Crippen molar-refractivity contribution in [1.82, 2.24) is 10.2 Å².